The molecule has 138 valence electrons. The van der Waals surface area contributed by atoms with Crippen LogP contribution < -0.4 is 11.1 Å². The third-order valence-electron chi connectivity index (χ3n) is 4.87. The van der Waals surface area contributed by atoms with Crippen LogP contribution in [0.4, 0.5) is 5.82 Å². The number of hydrogen-bond acceptors (Lipinski definition) is 8. The molecule has 0 radical (unpaired) electrons. The summed E-state index contributed by atoms with van der Waals surface area (Å²) in [6, 6.07) is 0.237. The first-order valence-corrected chi connectivity index (χ1v) is 8.67. The maximum Gasteiger partial charge on any atom is 0.252 e. The molecule has 3 fully saturated rings. The first-order valence-electron chi connectivity index (χ1n) is 8.67. The van der Waals surface area contributed by atoms with Crippen molar-refractivity contribution in [2.45, 2.75) is 63.1 Å². The molecule has 5 rings (SSSR count). The maximum atomic E-state index is 12.6. The van der Waals surface area contributed by atoms with Crippen molar-refractivity contribution in [2.24, 2.45) is 0 Å². The number of nitrogens with one attached hydrogen (secondary N) is 1. The molecule has 1 aliphatic carbocycles. The standard InChI is InChI=1S/C16H20N6O4/c1-16(2)25-9-10(14(23)21-7-3-4-7)24-15(11(9)26-16)22-6-20-8-12(17)18-5-19-13(8)22/h5-7,9-11,15H,3-4H2,1-2H3,(H,21,23)(H2,17,18,19)/t9?,10-,11-,15+/m0/s1. The van der Waals surface area contributed by atoms with Crippen molar-refractivity contribution in [3.05, 3.63) is 12.7 Å². The van der Waals surface area contributed by atoms with Crippen molar-refractivity contribution in [3.63, 3.8) is 0 Å². The fraction of sp³-hybridized carbons (Fsp3) is 0.625. The van der Waals surface area contributed by atoms with Crippen LogP contribution in [-0.2, 0) is 19.0 Å². The number of aromatic nitrogens is 4. The third-order valence-corrected chi connectivity index (χ3v) is 4.87. The van der Waals surface area contributed by atoms with Crippen LogP contribution in [0.1, 0.15) is 32.9 Å². The Balaban J connectivity index is 1.51. The van der Waals surface area contributed by atoms with Gasteiger partial charge in [0, 0.05) is 6.04 Å². The number of fused-ring (bicyclic) bond motifs is 2. The number of ether oxygens (including phenoxy) is 3. The first-order chi connectivity index (χ1) is 12.4. The second-order valence-corrected chi connectivity index (χ2v) is 7.38. The summed E-state index contributed by atoms with van der Waals surface area (Å²) < 4.78 is 19.8. The highest BCUT2D eigenvalue weighted by Gasteiger charge is 2.58. The lowest BCUT2D eigenvalue weighted by Gasteiger charge is -2.24. The van der Waals surface area contributed by atoms with Gasteiger partial charge in [-0.3, -0.25) is 9.36 Å². The van der Waals surface area contributed by atoms with Gasteiger partial charge in [-0.2, -0.15) is 0 Å². The molecule has 2 saturated heterocycles. The maximum absolute atomic E-state index is 12.6. The molecule has 1 unspecified atom stereocenters. The second-order valence-electron chi connectivity index (χ2n) is 7.38. The van der Waals surface area contributed by atoms with Gasteiger partial charge < -0.3 is 25.3 Å². The van der Waals surface area contributed by atoms with E-state index in [1.165, 1.54) is 6.33 Å². The summed E-state index contributed by atoms with van der Waals surface area (Å²) in [7, 11) is 0. The molecule has 1 saturated carbocycles. The summed E-state index contributed by atoms with van der Waals surface area (Å²) >= 11 is 0. The quantitative estimate of drug-likeness (QED) is 0.789. The zero-order chi connectivity index (χ0) is 18.1. The Bertz CT molecular complexity index is 879. The van der Waals surface area contributed by atoms with Crippen LogP contribution in [0.15, 0.2) is 12.7 Å². The molecule has 0 spiro atoms. The number of amides is 1. The van der Waals surface area contributed by atoms with E-state index in [0.717, 1.165) is 12.8 Å². The highest BCUT2D eigenvalue weighted by atomic mass is 16.8. The Morgan fingerprint density at radius 1 is 1.27 bits per heavy atom. The van der Waals surface area contributed by atoms with Crippen molar-refractivity contribution in [1.82, 2.24) is 24.8 Å². The number of anilines is 1. The first kappa shape index (κ1) is 15.9. The normalized spacial score (nSPS) is 32.7. The zero-order valence-electron chi connectivity index (χ0n) is 14.5. The molecular formula is C16H20N6O4. The topological polar surface area (TPSA) is 126 Å². The minimum absolute atomic E-state index is 0.176. The van der Waals surface area contributed by atoms with E-state index in [1.807, 2.05) is 13.8 Å². The average molecular weight is 360 g/mol. The minimum atomic E-state index is -0.806. The van der Waals surface area contributed by atoms with Crippen LogP contribution in [0, 0.1) is 0 Å². The molecule has 2 aliphatic heterocycles. The number of nitrogens with two attached hydrogens (primary N) is 1. The molecular weight excluding hydrogens is 340 g/mol. The Morgan fingerprint density at radius 2 is 2.04 bits per heavy atom. The van der Waals surface area contributed by atoms with Crippen LogP contribution >= 0.6 is 0 Å². The molecule has 10 heteroatoms. The summed E-state index contributed by atoms with van der Waals surface area (Å²) in [5.41, 5.74) is 6.88. The number of imidazole rings is 1. The number of nitrogen functional groups attached to an aromatic ring is 1. The van der Waals surface area contributed by atoms with Gasteiger partial charge in [-0.25, -0.2) is 15.0 Å². The van der Waals surface area contributed by atoms with E-state index in [9.17, 15) is 4.79 Å². The van der Waals surface area contributed by atoms with Crippen molar-refractivity contribution in [3.8, 4) is 0 Å². The predicted molar refractivity (Wildman–Crippen MR) is 88.6 cm³/mol. The lowest BCUT2D eigenvalue weighted by molar-refractivity contribution is -0.197. The molecule has 4 atom stereocenters. The monoisotopic (exact) mass is 360 g/mol. The van der Waals surface area contributed by atoms with Gasteiger partial charge in [0.25, 0.3) is 5.91 Å². The molecule has 10 nitrogen and oxygen atoms in total. The SMILES string of the molecule is CC1(C)OC2[C@@H](C(=O)NC3CC3)O[C@@H](n3cnc4c(N)ncnc43)[C@H]2O1. The smallest absolute Gasteiger partial charge is 0.252 e. The van der Waals surface area contributed by atoms with Crippen molar-refractivity contribution in [1.29, 1.82) is 0 Å². The number of hydrogen-bond donors (Lipinski definition) is 2. The third kappa shape index (κ3) is 2.44. The number of carbonyl (C=O) groups is 1. The van der Waals surface area contributed by atoms with E-state index >= 15 is 0 Å². The molecule has 4 heterocycles. The Labute approximate surface area is 149 Å². The van der Waals surface area contributed by atoms with E-state index in [1.54, 1.807) is 10.9 Å². The van der Waals surface area contributed by atoms with Crippen molar-refractivity contribution < 1.29 is 19.0 Å². The van der Waals surface area contributed by atoms with Gasteiger partial charge in [0.2, 0.25) is 0 Å². The predicted octanol–water partition coefficient (Wildman–Crippen LogP) is 0.105. The van der Waals surface area contributed by atoms with Crippen LogP contribution in [0.25, 0.3) is 11.2 Å². The summed E-state index contributed by atoms with van der Waals surface area (Å²) in [6.45, 7) is 3.65. The van der Waals surface area contributed by atoms with E-state index in [4.69, 9.17) is 19.9 Å². The largest absolute Gasteiger partial charge is 0.382 e. The van der Waals surface area contributed by atoms with E-state index in [0.29, 0.717) is 11.2 Å². The fourth-order valence-corrected chi connectivity index (χ4v) is 3.58. The highest BCUT2D eigenvalue weighted by Crippen LogP contribution is 2.44. The number of nitrogens with zero attached hydrogens (tertiary/aromatic N) is 4. The minimum Gasteiger partial charge on any atom is -0.382 e. The Hall–Kier alpha value is -2.30. The fourth-order valence-electron chi connectivity index (χ4n) is 3.58. The number of rotatable bonds is 3. The van der Waals surface area contributed by atoms with Crippen LogP contribution in [0.5, 0.6) is 0 Å². The highest BCUT2D eigenvalue weighted by molar-refractivity contribution is 5.83. The Morgan fingerprint density at radius 3 is 2.81 bits per heavy atom. The van der Waals surface area contributed by atoms with Gasteiger partial charge >= 0.3 is 0 Å². The van der Waals surface area contributed by atoms with Crippen molar-refractivity contribution >= 4 is 22.9 Å². The van der Waals surface area contributed by atoms with Gasteiger partial charge in [0.1, 0.15) is 24.1 Å². The van der Waals surface area contributed by atoms with Gasteiger partial charge in [-0.15, -0.1) is 0 Å². The summed E-state index contributed by atoms with van der Waals surface area (Å²) in [4.78, 5) is 25.1. The van der Waals surface area contributed by atoms with E-state index in [-0.39, 0.29) is 17.8 Å². The van der Waals surface area contributed by atoms with Crippen LogP contribution in [0.3, 0.4) is 0 Å². The second kappa shape index (κ2) is 5.35. The van der Waals surface area contributed by atoms with Crippen LogP contribution in [-0.4, -0.2) is 55.6 Å². The molecule has 1 amide bonds. The van der Waals surface area contributed by atoms with E-state index < -0.39 is 30.3 Å². The van der Waals surface area contributed by atoms with Crippen molar-refractivity contribution in [2.75, 3.05) is 5.73 Å². The van der Waals surface area contributed by atoms with Gasteiger partial charge in [0.15, 0.2) is 29.6 Å². The molecule has 2 aromatic rings. The molecule has 3 N–H and O–H groups in total. The van der Waals surface area contributed by atoms with Gasteiger partial charge in [-0.1, -0.05) is 0 Å². The summed E-state index contributed by atoms with van der Waals surface area (Å²) in [5, 5.41) is 2.98. The molecule has 26 heavy (non-hydrogen) atoms. The zero-order valence-corrected chi connectivity index (χ0v) is 14.5. The van der Waals surface area contributed by atoms with E-state index in [2.05, 4.69) is 20.3 Å². The molecule has 0 bridgehead atoms. The average Bonchev–Trinajstić information content (AvgIpc) is 3.04. The summed E-state index contributed by atoms with van der Waals surface area (Å²) in [5.74, 6) is -0.694. The summed E-state index contributed by atoms with van der Waals surface area (Å²) in [6.07, 6.45) is 2.62. The molecule has 0 aromatic carbocycles. The number of carbonyl (C=O) groups excluding carboxylic acids is 1. The van der Waals surface area contributed by atoms with Gasteiger partial charge in [0.05, 0.1) is 6.33 Å². The lowest BCUT2D eigenvalue weighted by Crippen LogP contribution is -2.43. The lowest BCUT2D eigenvalue weighted by atomic mass is 10.1. The molecule has 3 aliphatic rings. The molecule has 2 aromatic heterocycles. The van der Waals surface area contributed by atoms with Crippen LogP contribution in [0.2, 0.25) is 0 Å². The van der Waals surface area contributed by atoms with Gasteiger partial charge in [-0.05, 0) is 26.7 Å². The Kier molecular flexibility index (Phi) is 3.27.